The van der Waals surface area contributed by atoms with Gasteiger partial charge in [0.15, 0.2) is 0 Å². The van der Waals surface area contributed by atoms with Crippen molar-refractivity contribution < 1.29 is 9.59 Å². The lowest BCUT2D eigenvalue weighted by Gasteiger charge is -2.09. The summed E-state index contributed by atoms with van der Waals surface area (Å²) < 4.78 is 0. The van der Waals surface area contributed by atoms with Crippen LogP contribution in [0.15, 0.2) is 48.5 Å². The molecule has 1 heterocycles. The molecule has 0 aliphatic heterocycles. The maximum atomic E-state index is 12.1. The highest BCUT2D eigenvalue weighted by Crippen LogP contribution is 2.11. The van der Waals surface area contributed by atoms with Gasteiger partial charge in [-0.15, -0.1) is 0 Å². The third kappa shape index (κ3) is 4.20. The van der Waals surface area contributed by atoms with Gasteiger partial charge in [-0.1, -0.05) is 12.1 Å². The van der Waals surface area contributed by atoms with Crippen molar-refractivity contribution in [2.45, 2.75) is 26.4 Å². The van der Waals surface area contributed by atoms with E-state index in [1.165, 1.54) is 4.80 Å². The summed E-state index contributed by atoms with van der Waals surface area (Å²) in [6.45, 7) is 3.82. The van der Waals surface area contributed by atoms with Crippen LogP contribution in [0.4, 0.5) is 5.69 Å². The smallest absolute Gasteiger partial charge is 0.251 e. The van der Waals surface area contributed by atoms with Gasteiger partial charge in [0.25, 0.3) is 5.91 Å². The Morgan fingerprint density at radius 2 is 1.60 bits per heavy atom. The van der Waals surface area contributed by atoms with Crippen LogP contribution in [-0.4, -0.2) is 32.9 Å². The number of carbonyl (C=O) groups excluding carboxylic acids is 2. The van der Waals surface area contributed by atoms with E-state index < -0.39 is 0 Å². The van der Waals surface area contributed by atoms with Crippen molar-refractivity contribution in [2.24, 2.45) is 0 Å². The molecule has 0 radical (unpaired) electrons. The molecule has 128 valence electrons. The van der Waals surface area contributed by atoms with Gasteiger partial charge in [-0.2, -0.15) is 15.0 Å². The van der Waals surface area contributed by atoms with E-state index >= 15 is 0 Å². The second-order valence-corrected chi connectivity index (χ2v) is 5.97. The predicted molar refractivity (Wildman–Crippen MR) is 95.2 cm³/mol. The lowest BCUT2D eigenvalue weighted by atomic mass is 10.2. The van der Waals surface area contributed by atoms with E-state index in [0.717, 1.165) is 11.0 Å². The van der Waals surface area contributed by atoms with Gasteiger partial charge in [0.05, 0.1) is 0 Å². The quantitative estimate of drug-likeness (QED) is 0.747. The Morgan fingerprint density at radius 3 is 2.16 bits per heavy atom. The minimum absolute atomic E-state index is 0.0181. The fourth-order valence-corrected chi connectivity index (χ4v) is 2.35. The molecule has 2 amide bonds. The van der Waals surface area contributed by atoms with E-state index in [1.807, 2.05) is 38.1 Å². The average molecular weight is 337 g/mol. The van der Waals surface area contributed by atoms with Crippen molar-refractivity contribution in [3.8, 4) is 0 Å². The van der Waals surface area contributed by atoms with E-state index in [0.29, 0.717) is 11.3 Å². The number of rotatable bonds is 5. The molecular formula is C18H19N5O2. The predicted octanol–water partition coefficient (Wildman–Crippen LogP) is 2.21. The standard InChI is InChI=1S/C18H19N5O2/c1-12(2)19-18(25)13-7-9-14(10-8-13)20-17(24)11-23-21-15-5-3-4-6-16(15)22-23/h3-10,12H,11H2,1-2H3,(H,19,25)(H,20,24). The minimum Gasteiger partial charge on any atom is -0.350 e. The monoisotopic (exact) mass is 337 g/mol. The molecule has 25 heavy (non-hydrogen) atoms. The fraction of sp³-hybridized carbons (Fsp3) is 0.222. The summed E-state index contributed by atoms with van der Waals surface area (Å²) in [5.41, 5.74) is 2.65. The number of benzene rings is 2. The Balaban J connectivity index is 1.61. The van der Waals surface area contributed by atoms with Gasteiger partial charge < -0.3 is 10.6 Å². The molecule has 0 bridgehead atoms. The Bertz CT molecular complexity index is 866. The van der Waals surface area contributed by atoms with Crippen molar-refractivity contribution in [2.75, 3.05) is 5.32 Å². The van der Waals surface area contributed by atoms with Crippen LogP contribution >= 0.6 is 0 Å². The molecule has 7 nitrogen and oxygen atoms in total. The van der Waals surface area contributed by atoms with E-state index in [4.69, 9.17) is 0 Å². The molecule has 1 aromatic heterocycles. The summed E-state index contributed by atoms with van der Waals surface area (Å²) in [5.74, 6) is -0.375. The highest BCUT2D eigenvalue weighted by molar-refractivity contribution is 5.95. The van der Waals surface area contributed by atoms with E-state index in [1.54, 1.807) is 24.3 Å². The number of anilines is 1. The number of hydrogen-bond acceptors (Lipinski definition) is 4. The molecule has 0 aliphatic carbocycles. The highest BCUT2D eigenvalue weighted by Gasteiger charge is 2.09. The number of carbonyl (C=O) groups is 2. The average Bonchev–Trinajstić information content (AvgIpc) is 2.96. The van der Waals surface area contributed by atoms with Crippen LogP contribution in [0.1, 0.15) is 24.2 Å². The third-order valence-corrected chi connectivity index (χ3v) is 3.46. The van der Waals surface area contributed by atoms with Crippen molar-refractivity contribution in [3.05, 3.63) is 54.1 Å². The zero-order valence-electron chi connectivity index (χ0n) is 14.1. The van der Waals surface area contributed by atoms with Gasteiger partial charge in [-0.05, 0) is 50.2 Å². The van der Waals surface area contributed by atoms with Crippen molar-refractivity contribution in [3.63, 3.8) is 0 Å². The summed E-state index contributed by atoms with van der Waals surface area (Å²) in [6, 6.07) is 14.2. The van der Waals surface area contributed by atoms with E-state index in [2.05, 4.69) is 20.8 Å². The van der Waals surface area contributed by atoms with Crippen LogP contribution in [0, 0.1) is 0 Å². The molecule has 3 rings (SSSR count). The van der Waals surface area contributed by atoms with Gasteiger partial charge in [-0.3, -0.25) is 9.59 Å². The minimum atomic E-state index is -0.236. The normalized spacial score (nSPS) is 10.8. The maximum Gasteiger partial charge on any atom is 0.251 e. The molecular weight excluding hydrogens is 318 g/mol. The summed E-state index contributed by atoms with van der Waals surface area (Å²) in [4.78, 5) is 25.4. The first-order chi connectivity index (χ1) is 12.0. The van der Waals surface area contributed by atoms with Crippen molar-refractivity contribution in [1.82, 2.24) is 20.3 Å². The first kappa shape index (κ1) is 16.6. The zero-order chi connectivity index (χ0) is 17.8. The van der Waals surface area contributed by atoms with Crippen molar-refractivity contribution >= 4 is 28.5 Å². The first-order valence-corrected chi connectivity index (χ1v) is 8.02. The summed E-state index contributed by atoms with van der Waals surface area (Å²) in [7, 11) is 0. The molecule has 0 fully saturated rings. The molecule has 0 spiro atoms. The van der Waals surface area contributed by atoms with Crippen molar-refractivity contribution in [1.29, 1.82) is 0 Å². The number of nitrogens with zero attached hydrogens (tertiary/aromatic N) is 3. The highest BCUT2D eigenvalue weighted by atomic mass is 16.2. The molecule has 0 unspecified atom stereocenters. The summed E-state index contributed by atoms with van der Waals surface area (Å²) in [5, 5.41) is 14.1. The Morgan fingerprint density at radius 1 is 1.00 bits per heavy atom. The lowest BCUT2D eigenvalue weighted by Crippen LogP contribution is -2.30. The van der Waals surface area contributed by atoms with Crippen LogP contribution in [0.25, 0.3) is 11.0 Å². The Labute approximate surface area is 145 Å². The number of aromatic nitrogens is 3. The van der Waals surface area contributed by atoms with E-state index in [9.17, 15) is 9.59 Å². The molecule has 0 saturated carbocycles. The number of nitrogens with one attached hydrogen (secondary N) is 2. The molecule has 7 heteroatoms. The molecule has 0 atom stereocenters. The second-order valence-electron chi connectivity index (χ2n) is 5.97. The summed E-state index contributed by atoms with van der Waals surface area (Å²) >= 11 is 0. The van der Waals surface area contributed by atoms with Gasteiger partial charge in [0.1, 0.15) is 17.6 Å². The van der Waals surface area contributed by atoms with Gasteiger partial charge in [-0.25, -0.2) is 0 Å². The Kier molecular flexibility index (Phi) is 4.74. The lowest BCUT2D eigenvalue weighted by molar-refractivity contribution is -0.117. The molecule has 2 N–H and O–H groups in total. The van der Waals surface area contributed by atoms with Crippen LogP contribution < -0.4 is 10.6 Å². The molecule has 3 aromatic rings. The van der Waals surface area contributed by atoms with Crippen LogP contribution in [-0.2, 0) is 11.3 Å². The SMILES string of the molecule is CC(C)NC(=O)c1ccc(NC(=O)Cn2nc3ccccc3n2)cc1. The summed E-state index contributed by atoms with van der Waals surface area (Å²) in [6.07, 6.45) is 0. The number of hydrogen-bond donors (Lipinski definition) is 2. The van der Waals surface area contributed by atoms with Crippen LogP contribution in [0.3, 0.4) is 0 Å². The third-order valence-electron chi connectivity index (χ3n) is 3.46. The second kappa shape index (κ2) is 7.12. The molecule has 2 aromatic carbocycles. The number of fused-ring (bicyclic) bond motifs is 1. The van der Waals surface area contributed by atoms with Crippen LogP contribution in [0.5, 0.6) is 0 Å². The molecule has 0 saturated heterocycles. The van der Waals surface area contributed by atoms with Crippen LogP contribution in [0.2, 0.25) is 0 Å². The Hall–Kier alpha value is -3.22. The van der Waals surface area contributed by atoms with E-state index in [-0.39, 0.29) is 24.4 Å². The van der Waals surface area contributed by atoms with Gasteiger partial charge in [0, 0.05) is 17.3 Å². The maximum absolute atomic E-state index is 12.1. The number of amides is 2. The van der Waals surface area contributed by atoms with Gasteiger partial charge in [0.2, 0.25) is 5.91 Å². The fourth-order valence-electron chi connectivity index (χ4n) is 2.35. The largest absolute Gasteiger partial charge is 0.350 e. The topological polar surface area (TPSA) is 88.9 Å². The molecule has 0 aliphatic rings. The first-order valence-electron chi connectivity index (χ1n) is 8.02. The zero-order valence-corrected chi connectivity index (χ0v) is 14.1. The van der Waals surface area contributed by atoms with Gasteiger partial charge >= 0.3 is 0 Å².